The van der Waals surface area contributed by atoms with Crippen LogP contribution < -0.4 is 9.64 Å². The Bertz CT molecular complexity index is 801. The zero-order valence-corrected chi connectivity index (χ0v) is 12.7. The van der Waals surface area contributed by atoms with E-state index in [9.17, 15) is 19.7 Å². The molecule has 0 spiro atoms. The van der Waals surface area contributed by atoms with Crippen LogP contribution in [-0.4, -0.2) is 30.3 Å². The SMILES string of the molecule is O=Cc1ccc(OCC(=O)N2CCc3cc([N+](=O)[O-])ccc32)cc1. The van der Waals surface area contributed by atoms with E-state index >= 15 is 0 Å². The molecule has 1 heterocycles. The van der Waals surface area contributed by atoms with Crippen molar-refractivity contribution < 1.29 is 19.2 Å². The molecule has 24 heavy (non-hydrogen) atoms. The lowest BCUT2D eigenvalue weighted by Gasteiger charge is -2.17. The Labute approximate surface area is 137 Å². The lowest BCUT2D eigenvalue weighted by molar-refractivity contribution is -0.384. The number of nitro groups is 1. The number of anilines is 1. The molecule has 0 fully saturated rings. The standard InChI is InChI=1S/C17H14N2O5/c20-10-12-1-4-15(5-2-12)24-11-17(21)18-8-7-13-9-14(19(22)23)3-6-16(13)18/h1-6,9-10H,7-8,11H2. The minimum Gasteiger partial charge on any atom is -0.484 e. The molecule has 0 bridgehead atoms. The van der Waals surface area contributed by atoms with E-state index in [0.29, 0.717) is 30.0 Å². The third-order valence-electron chi connectivity index (χ3n) is 3.85. The van der Waals surface area contributed by atoms with Crippen LogP contribution in [0, 0.1) is 10.1 Å². The third-order valence-corrected chi connectivity index (χ3v) is 3.85. The number of nitrogens with zero attached hydrogens (tertiary/aromatic N) is 2. The van der Waals surface area contributed by atoms with Crippen molar-refractivity contribution in [2.75, 3.05) is 18.1 Å². The number of benzene rings is 2. The van der Waals surface area contributed by atoms with Crippen molar-refractivity contribution >= 4 is 23.6 Å². The van der Waals surface area contributed by atoms with Gasteiger partial charge < -0.3 is 9.64 Å². The van der Waals surface area contributed by atoms with Gasteiger partial charge >= 0.3 is 0 Å². The quantitative estimate of drug-likeness (QED) is 0.478. The molecule has 0 saturated carbocycles. The van der Waals surface area contributed by atoms with E-state index in [4.69, 9.17) is 4.74 Å². The fourth-order valence-electron chi connectivity index (χ4n) is 2.63. The molecule has 3 rings (SSSR count). The molecule has 2 aromatic carbocycles. The number of fused-ring (bicyclic) bond motifs is 1. The normalized spacial score (nSPS) is 12.6. The number of aldehydes is 1. The number of hydrogen-bond donors (Lipinski definition) is 0. The zero-order chi connectivity index (χ0) is 17.1. The summed E-state index contributed by atoms with van der Waals surface area (Å²) in [5.74, 6) is 0.277. The van der Waals surface area contributed by atoms with Gasteiger partial charge in [-0.2, -0.15) is 0 Å². The number of nitro benzene ring substituents is 1. The van der Waals surface area contributed by atoms with Crippen molar-refractivity contribution in [1.29, 1.82) is 0 Å². The first-order chi connectivity index (χ1) is 11.6. The largest absolute Gasteiger partial charge is 0.484 e. The summed E-state index contributed by atoms with van der Waals surface area (Å²) in [4.78, 5) is 34.9. The average molecular weight is 326 g/mol. The fraction of sp³-hybridized carbons (Fsp3) is 0.176. The number of carbonyl (C=O) groups excluding carboxylic acids is 2. The van der Waals surface area contributed by atoms with Gasteiger partial charge in [0.2, 0.25) is 0 Å². The predicted molar refractivity (Wildman–Crippen MR) is 86.5 cm³/mol. The van der Waals surface area contributed by atoms with Gasteiger partial charge in [0.1, 0.15) is 12.0 Å². The Kier molecular flexibility index (Phi) is 4.24. The highest BCUT2D eigenvalue weighted by atomic mass is 16.6. The number of ether oxygens (including phenoxy) is 1. The molecule has 1 aliphatic heterocycles. The van der Waals surface area contributed by atoms with Crippen molar-refractivity contribution in [3.8, 4) is 5.75 Å². The van der Waals surface area contributed by atoms with Crippen LogP contribution in [0.25, 0.3) is 0 Å². The van der Waals surface area contributed by atoms with Crippen molar-refractivity contribution in [2.45, 2.75) is 6.42 Å². The second-order valence-electron chi connectivity index (χ2n) is 5.34. The summed E-state index contributed by atoms with van der Waals surface area (Å²) in [6, 6.07) is 11.0. The number of amides is 1. The maximum atomic E-state index is 12.3. The molecule has 7 nitrogen and oxygen atoms in total. The first-order valence-electron chi connectivity index (χ1n) is 7.34. The van der Waals surface area contributed by atoms with Crippen molar-refractivity contribution in [1.82, 2.24) is 0 Å². The predicted octanol–water partition coefficient (Wildman–Crippen LogP) is 2.38. The summed E-state index contributed by atoms with van der Waals surface area (Å²) in [5, 5.41) is 10.8. The monoisotopic (exact) mass is 326 g/mol. The Hall–Kier alpha value is -3.22. The van der Waals surface area contributed by atoms with Crippen molar-refractivity contribution in [3.05, 3.63) is 63.7 Å². The van der Waals surface area contributed by atoms with Crippen LogP contribution in [0.4, 0.5) is 11.4 Å². The summed E-state index contributed by atoms with van der Waals surface area (Å²) in [7, 11) is 0. The lowest BCUT2D eigenvalue weighted by atomic mass is 10.1. The van der Waals surface area contributed by atoms with Crippen LogP contribution >= 0.6 is 0 Å². The van der Waals surface area contributed by atoms with Gasteiger partial charge in [-0.3, -0.25) is 19.7 Å². The Morgan fingerprint density at radius 2 is 2.00 bits per heavy atom. The molecule has 7 heteroatoms. The third kappa shape index (κ3) is 3.10. The topological polar surface area (TPSA) is 89.8 Å². The van der Waals surface area contributed by atoms with E-state index in [0.717, 1.165) is 11.8 Å². The van der Waals surface area contributed by atoms with Gasteiger partial charge in [0.05, 0.1) is 4.92 Å². The molecule has 0 unspecified atom stereocenters. The minimum absolute atomic E-state index is 0.0227. The molecule has 0 aromatic heterocycles. The smallest absolute Gasteiger partial charge is 0.269 e. The first-order valence-corrected chi connectivity index (χ1v) is 7.34. The maximum absolute atomic E-state index is 12.3. The van der Waals surface area contributed by atoms with Gasteiger partial charge in [0.15, 0.2) is 6.61 Å². The molecule has 0 saturated heterocycles. The van der Waals surface area contributed by atoms with E-state index in [1.54, 1.807) is 35.2 Å². The maximum Gasteiger partial charge on any atom is 0.269 e. The van der Waals surface area contributed by atoms with E-state index in [1.165, 1.54) is 12.1 Å². The molecule has 0 radical (unpaired) electrons. The second-order valence-corrected chi connectivity index (χ2v) is 5.34. The van der Waals surface area contributed by atoms with Crippen LogP contribution in [-0.2, 0) is 11.2 Å². The Morgan fingerprint density at radius 1 is 1.25 bits per heavy atom. The van der Waals surface area contributed by atoms with E-state index in [2.05, 4.69) is 0 Å². The molecule has 0 aliphatic carbocycles. The molecule has 122 valence electrons. The Balaban J connectivity index is 1.66. The van der Waals surface area contributed by atoms with Crippen LogP contribution in [0.2, 0.25) is 0 Å². The molecular weight excluding hydrogens is 312 g/mol. The highest BCUT2D eigenvalue weighted by Gasteiger charge is 2.26. The van der Waals surface area contributed by atoms with Gasteiger partial charge in [-0.25, -0.2) is 0 Å². The number of non-ortho nitro benzene ring substituents is 1. The van der Waals surface area contributed by atoms with Gasteiger partial charge in [-0.1, -0.05) is 0 Å². The van der Waals surface area contributed by atoms with E-state index in [1.807, 2.05) is 0 Å². The second kappa shape index (κ2) is 6.49. The fourth-order valence-corrected chi connectivity index (χ4v) is 2.63. The number of carbonyl (C=O) groups is 2. The number of hydrogen-bond acceptors (Lipinski definition) is 5. The molecule has 1 amide bonds. The summed E-state index contributed by atoms with van der Waals surface area (Å²) < 4.78 is 5.44. The molecule has 0 atom stereocenters. The van der Waals surface area contributed by atoms with Crippen molar-refractivity contribution in [3.63, 3.8) is 0 Å². The minimum atomic E-state index is -0.448. The molecule has 2 aromatic rings. The van der Waals surface area contributed by atoms with Crippen molar-refractivity contribution in [2.24, 2.45) is 0 Å². The van der Waals surface area contributed by atoms with Gasteiger partial charge in [-0.05, 0) is 42.3 Å². The lowest BCUT2D eigenvalue weighted by Crippen LogP contribution is -2.33. The first kappa shape index (κ1) is 15.7. The zero-order valence-electron chi connectivity index (χ0n) is 12.7. The summed E-state index contributed by atoms with van der Waals surface area (Å²) in [6.45, 7) is 0.333. The van der Waals surface area contributed by atoms with Gasteiger partial charge in [0, 0.05) is 29.9 Å². The number of rotatable bonds is 5. The molecular formula is C17H14N2O5. The Morgan fingerprint density at radius 3 is 2.67 bits per heavy atom. The van der Waals surface area contributed by atoms with E-state index < -0.39 is 4.92 Å². The van der Waals surface area contributed by atoms with E-state index in [-0.39, 0.29) is 18.2 Å². The van der Waals surface area contributed by atoms with Crippen LogP contribution in [0.3, 0.4) is 0 Å². The van der Waals surface area contributed by atoms with Gasteiger partial charge in [0.25, 0.3) is 11.6 Å². The van der Waals surface area contributed by atoms with Crippen LogP contribution in [0.15, 0.2) is 42.5 Å². The van der Waals surface area contributed by atoms with Crippen LogP contribution in [0.5, 0.6) is 5.75 Å². The molecule has 0 N–H and O–H groups in total. The average Bonchev–Trinajstić information content (AvgIpc) is 3.03. The summed E-state index contributed by atoms with van der Waals surface area (Å²) in [5.41, 5.74) is 2.02. The highest BCUT2D eigenvalue weighted by Crippen LogP contribution is 2.31. The highest BCUT2D eigenvalue weighted by molar-refractivity contribution is 5.96. The summed E-state index contributed by atoms with van der Waals surface area (Å²) in [6.07, 6.45) is 1.31. The summed E-state index contributed by atoms with van der Waals surface area (Å²) >= 11 is 0. The molecule has 1 aliphatic rings. The van der Waals surface area contributed by atoms with Gasteiger partial charge in [-0.15, -0.1) is 0 Å². The van der Waals surface area contributed by atoms with Crippen LogP contribution in [0.1, 0.15) is 15.9 Å².